The van der Waals surface area contributed by atoms with Crippen LogP contribution in [0.5, 0.6) is 5.75 Å². The Morgan fingerprint density at radius 1 is 1.05 bits per heavy atom. The van der Waals surface area contributed by atoms with Gasteiger partial charge in [0.15, 0.2) is 5.13 Å². The Kier molecular flexibility index (Phi) is 6.36. The van der Waals surface area contributed by atoms with Crippen molar-refractivity contribution >= 4 is 22.4 Å². The van der Waals surface area contributed by atoms with Gasteiger partial charge in [-0.2, -0.15) is 0 Å². The van der Waals surface area contributed by atoms with Crippen LogP contribution in [0.1, 0.15) is 52.7 Å². The van der Waals surface area contributed by atoms with E-state index in [9.17, 15) is 4.79 Å². The molecule has 2 unspecified atom stereocenters. The van der Waals surface area contributed by atoms with Gasteiger partial charge >= 0.3 is 0 Å². The minimum Gasteiger partial charge on any atom is -0.488 e. The number of ether oxygens (including phenoxy) is 2. The van der Waals surface area contributed by atoms with Gasteiger partial charge in [0.2, 0.25) is 0 Å². The number of piperidine rings is 1. The van der Waals surface area contributed by atoms with Crippen molar-refractivity contribution < 1.29 is 14.3 Å². The number of rotatable bonds is 6. The molecule has 4 aliphatic rings. The van der Waals surface area contributed by atoms with Crippen molar-refractivity contribution in [3.05, 3.63) is 64.0 Å². The molecule has 1 amide bonds. The van der Waals surface area contributed by atoms with Gasteiger partial charge in [0.05, 0.1) is 5.69 Å². The quantitative estimate of drug-likeness (QED) is 0.409. The molecule has 3 fully saturated rings. The predicted octanol–water partition coefficient (Wildman–Crippen LogP) is 5.72. The molecule has 1 aromatic heterocycles. The Morgan fingerprint density at radius 2 is 1.95 bits per heavy atom. The Bertz CT molecular complexity index is 1350. The van der Waals surface area contributed by atoms with Gasteiger partial charge in [0.25, 0.3) is 5.91 Å². The van der Waals surface area contributed by atoms with Crippen LogP contribution in [0.15, 0.2) is 41.8 Å². The third kappa shape index (κ3) is 4.71. The van der Waals surface area contributed by atoms with Gasteiger partial charge in [-0.1, -0.05) is 23.8 Å². The van der Waals surface area contributed by atoms with E-state index >= 15 is 0 Å². The number of carbonyl (C=O) groups is 1. The molecule has 2 aromatic carbocycles. The van der Waals surface area contributed by atoms with Gasteiger partial charge in [-0.15, -0.1) is 11.3 Å². The maximum atomic E-state index is 13.2. The summed E-state index contributed by atoms with van der Waals surface area (Å²) >= 11 is 1.74. The fraction of sp³-hybridized carbons (Fsp3) is 0.484. The van der Waals surface area contributed by atoms with Crippen molar-refractivity contribution in [2.24, 2.45) is 11.8 Å². The number of thiazole rings is 1. The first-order valence-corrected chi connectivity index (χ1v) is 14.9. The first-order valence-electron chi connectivity index (χ1n) is 14.1. The number of benzene rings is 2. The monoisotopic (exact) mass is 529 g/mol. The number of carbonyl (C=O) groups excluding carboxylic acids is 1. The molecular formula is C31H35N3O3S. The summed E-state index contributed by atoms with van der Waals surface area (Å²) in [5, 5.41) is 3.30. The molecule has 38 heavy (non-hydrogen) atoms. The van der Waals surface area contributed by atoms with E-state index in [1.54, 1.807) is 11.3 Å². The van der Waals surface area contributed by atoms with E-state index in [4.69, 9.17) is 14.5 Å². The van der Waals surface area contributed by atoms with Crippen LogP contribution in [0.4, 0.5) is 5.13 Å². The zero-order valence-electron chi connectivity index (χ0n) is 22.0. The van der Waals surface area contributed by atoms with Crippen LogP contribution in [0.3, 0.4) is 0 Å². The van der Waals surface area contributed by atoms with Crippen LogP contribution < -0.4 is 9.64 Å². The lowest BCUT2D eigenvalue weighted by atomic mass is 9.94. The molecule has 2 atom stereocenters. The largest absolute Gasteiger partial charge is 0.488 e. The molecule has 3 aliphatic heterocycles. The molecule has 4 heterocycles. The average molecular weight is 530 g/mol. The van der Waals surface area contributed by atoms with E-state index in [-0.39, 0.29) is 5.91 Å². The second-order valence-electron chi connectivity index (χ2n) is 11.4. The molecule has 1 saturated carbocycles. The fourth-order valence-electron chi connectivity index (χ4n) is 6.42. The summed E-state index contributed by atoms with van der Waals surface area (Å²) in [6.07, 6.45) is 5.46. The average Bonchev–Trinajstić information content (AvgIpc) is 3.57. The minimum atomic E-state index is 0.164. The number of anilines is 1. The standard InChI is InChI=1S/C31H35N3O3S/c1-20-2-5-29(27(14-20)28-19-38-31(32-28)33-10-6-22-16-24(22)17-33)37-18-21-3-4-26-23(15-21)7-11-34(30(26)35)25-8-12-36-13-9-25/h2-5,14-15,19,22,24-25H,6-13,16-18H2,1H3. The first kappa shape index (κ1) is 24.2. The van der Waals surface area contributed by atoms with E-state index in [2.05, 4.69) is 46.4 Å². The highest BCUT2D eigenvalue weighted by Crippen LogP contribution is 2.46. The highest BCUT2D eigenvalue weighted by molar-refractivity contribution is 7.14. The molecule has 7 heteroatoms. The molecule has 6 nitrogen and oxygen atoms in total. The SMILES string of the molecule is Cc1ccc(OCc2ccc3c(c2)CCN(C2CCOCC2)C3=O)c(-c2csc(N3CCC4CC4C3)n2)c1. The second-order valence-corrected chi connectivity index (χ2v) is 12.2. The highest BCUT2D eigenvalue weighted by Gasteiger charge is 2.42. The zero-order valence-corrected chi connectivity index (χ0v) is 22.8. The van der Waals surface area contributed by atoms with E-state index < -0.39 is 0 Å². The van der Waals surface area contributed by atoms with Gasteiger partial charge < -0.3 is 19.3 Å². The molecule has 0 bridgehead atoms. The van der Waals surface area contributed by atoms with Gasteiger partial charge in [0, 0.05) is 55.4 Å². The van der Waals surface area contributed by atoms with Crippen LogP contribution in [-0.4, -0.2) is 54.7 Å². The van der Waals surface area contributed by atoms with Crippen LogP contribution in [0.25, 0.3) is 11.3 Å². The lowest BCUT2D eigenvalue weighted by molar-refractivity contribution is 0.0276. The summed E-state index contributed by atoms with van der Waals surface area (Å²) < 4.78 is 11.9. The van der Waals surface area contributed by atoms with Crippen molar-refractivity contribution in [3.8, 4) is 17.0 Å². The maximum absolute atomic E-state index is 13.2. The van der Waals surface area contributed by atoms with E-state index in [0.717, 1.165) is 103 Å². The lowest BCUT2D eigenvalue weighted by Crippen LogP contribution is -2.47. The van der Waals surface area contributed by atoms with Crippen LogP contribution in [0.2, 0.25) is 0 Å². The number of aryl methyl sites for hydroxylation is 1. The lowest BCUT2D eigenvalue weighted by Gasteiger charge is -2.37. The summed E-state index contributed by atoms with van der Waals surface area (Å²) in [5.41, 5.74) is 6.30. The number of nitrogens with zero attached hydrogens (tertiary/aromatic N) is 3. The van der Waals surface area contributed by atoms with Crippen LogP contribution in [-0.2, 0) is 17.8 Å². The van der Waals surface area contributed by atoms with E-state index in [0.29, 0.717) is 12.6 Å². The molecule has 7 rings (SSSR count). The zero-order chi connectivity index (χ0) is 25.6. The van der Waals surface area contributed by atoms with Crippen molar-refractivity contribution in [1.29, 1.82) is 0 Å². The predicted molar refractivity (Wildman–Crippen MR) is 150 cm³/mol. The molecule has 0 radical (unpaired) electrons. The second kappa shape index (κ2) is 10.0. The number of amides is 1. The van der Waals surface area contributed by atoms with E-state index in [1.165, 1.54) is 18.4 Å². The van der Waals surface area contributed by atoms with Crippen molar-refractivity contribution in [2.45, 2.75) is 51.7 Å². The molecule has 2 saturated heterocycles. The Balaban J connectivity index is 1.06. The Labute approximate surface area is 228 Å². The van der Waals surface area contributed by atoms with Crippen molar-refractivity contribution in [3.63, 3.8) is 0 Å². The Hall–Kier alpha value is -2.90. The third-order valence-electron chi connectivity index (χ3n) is 8.78. The van der Waals surface area contributed by atoms with Gasteiger partial charge in [0.1, 0.15) is 12.4 Å². The smallest absolute Gasteiger partial charge is 0.254 e. The fourth-order valence-corrected chi connectivity index (χ4v) is 7.28. The van der Waals surface area contributed by atoms with Crippen molar-refractivity contribution in [1.82, 2.24) is 9.88 Å². The minimum absolute atomic E-state index is 0.164. The number of aromatic nitrogens is 1. The summed E-state index contributed by atoms with van der Waals surface area (Å²) in [6, 6.07) is 12.8. The maximum Gasteiger partial charge on any atom is 0.254 e. The van der Waals surface area contributed by atoms with Gasteiger partial charge in [-0.3, -0.25) is 4.79 Å². The van der Waals surface area contributed by atoms with Gasteiger partial charge in [-0.05, 0) is 80.2 Å². The normalized spacial score (nSPS) is 23.2. The number of hydrogen-bond donors (Lipinski definition) is 0. The molecule has 3 aromatic rings. The first-order chi connectivity index (χ1) is 18.6. The molecule has 1 aliphatic carbocycles. The van der Waals surface area contributed by atoms with Gasteiger partial charge in [-0.25, -0.2) is 4.98 Å². The number of fused-ring (bicyclic) bond motifs is 2. The molecule has 0 spiro atoms. The summed E-state index contributed by atoms with van der Waals surface area (Å²) in [5.74, 6) is 2.87. The highest BCUT2D eigenvalue weighted by atomic mass is 32.1. The molecule has 0 N–H and O–H groups in total. The number of hydrogen-bond acceptors (Lipinski definition) is 6. The molecule has 198 valence electrons. The Morgan fingerprint density at radius 3 is 2.82 bits per heavy atom. The molecular weight excluding hydrogens is 494 g/mol. The van der Waals surface area contributed by atoms with Crippen molar-refractivity contribution in [2.75, 3.05) is 37.7 Å². The summed E-state index contributed by atoms with van der Waals surface area (Å²) in [7, 11) is 0. The van der Waals surface area contributed by atoms with E-state index in [1.807, 2.05) is 12.1 Å². The third-order valence-corrected chi connectivity index (χ3v) is 9.68. The van der Waals surface area contributed by atoms with Crippen LogP contribution >= 0.6 is 11.3 Å². The summed E-state index contributed by atoms with van der Waals surface area (Å²) in [4.78, 5) is 22.8. The summed E-state index contributed by atoms with van der Waals surface area (Å²) in [6.45, 7) is 7.14. The van der Waals surface area contributed by atoms with Crippen LogP contribution in [0, 0.1) is 18.8 Å². The topological polar surface area (TPSA) is 54.9 Å².